The zero-order valence-electron chi connectivity index (χ0n) is 20.2. The van der Waals surface area contributed by atoms with E-state index < -0.39 is 0 Å². The summed E-state index contributed by atoms with van der Waals surface area (Å²) in [6.07, 6.45) is 4.34. The minimum Gasteiger partial charge on any atom is -0.497 e. The van der Waals surface area contributed by atoms with Gasteiger partial charge in [-0.1, -0.05) is 12.1 Å². The van der Waals surface area contributed by atoms with Crippen molar-refractivity contribution in [3.63, 3.8) is 0 Å². The van der Waals surface area contributed by atoms with Crippen molar-refractivity contribution in [2.24, 2.45) is 0 Å². The first-order chi connectivity index (χ1) is 18.1. The van der Waals surface area contributed by atoms with Gasteiger partial charge in [0.1, 0.15) is 17.1 Å². The molecule has 0 aliphatic heterocycles. The molecule has 0 unspecified atom stereocenters. The molecular formula is C27H23FN6O3. The fourth-order valence-corrected chi connectivity index (χ4v) is 4.69. The van der Waals surface area contributed by atoms with Crippen LogP contribution in [0.5, 0.6) is 5.75 Å². The van der Waals surface area contributed by atoms with Gasteiger partial charge in [0.25, 0.3) is 5.56 Å². The smallest absolute Gasteiger partial charge is 0.280 e. The maximum absolute atomic E-state index is 13.5. The summed E-state index contributed by atoms with van der Waals surface area (Å²) < 4.78 is 27.4. The fourth-order valence-electron chi connectivity index (χ4n) is 4.69. The van der Waals surface area contributed by atoms with Gasteiger partial charge in [-0.15, -0.1) is 10.2 Å². The number of ether oxygens (including phenoxy) is 2. The summed E-state index contributed by atoms with van der Waals surface area (Å²) in [4.78, 5) is 16.6. The number of pyridine rings is 1. The number of nitrogens with zero attached hydrogens (tertiary/aromatic N) is 5. The Labute approximate surface area is 210 Å². The van der Waals surface area contributed by atoms with Crippen molar-refractivity contribution in [3.05, 3.63) is 88.4 Å². The van der Waals surface area contributed by atoms with Crippen molar-refractivity contribution in [1.29, 1.82) is 0 Å². The minimum absolute atomic E-state index is 0.215. The molecule has 2 aromatic carbocycles. The molecule has 0 spiro atoms. The van der Waals surface area contributed by atoms with Gasteiger partial charge >= 0.3 is 0 Å². The molecule has 6 rings (SSSR count). The van der Waals surface area contributed by atoms with E-state index in [2.05, 4.69) is 20.3 Å². The lowest BCUT2D eigenvalue weighted by Gasteiger charge is -2.08. The van der Waals surface area contributed by atoms with Crippen LogP contribution >= 0.6 is 0 Å². The second kappa shape index (κ2) is 9.14. The molecule has 0 saturated heterocycles. The molecular weight excluding hydrogens is 475 g/mol. The van der Waals surface area contributed by atoms with E-state index in [1.54, 1.807) is 41.6 Å². The SMILES string of the molecule is COCc1nn2c(nnc3c(=O)n(CCc4c[nH]c5ccc(OC)cc45)ccc32)c1-c1ccc(F)cc1. The zero-order valence-corrected chi connectivity index (χ0v) is 20.2. The number of methoxy groups -OCH3 is 2. The highest BCUT2D eigenvalue weighted by atomic mass is 19.1. The topological polar surface area (TPSA) is 99.3 Å². The van der Waals surface area contributed by atoms with Crippen LogP contribution in [0.3, 0.4) is 0 Å². The van der Waals surface area contributed by atoms with Crippen molar-refractivity contribution in [3.8, 4) is 16.9 Å². The largest absolute Gasteiger partial charge is 0.497 e. The molecule has 37 heavy (non-hydrogen) atoms. The summed E-state index contributed by atoms with van der Waals surface area (Å²) in [7, 11) is 3.21. The lowest BCUT2D eigenvalue weighted by atomic mass is 10.1. The van der Waals surface area contributed by atoms with Crippen LogP contribution in [0.2, 0.25) is 0 Å². The van der Waals surface area contributed by atoms with Gasteiger partial charge in [0.2, 0.25) is 0 Å². The monoisotopic (exact) mass is 498 g/mol. The number of fused-ring (bicyclic) bond motifs is 4. The Morgan fingerprint density at radius 3 is 2.68 bits per heavy atom. The van der Waals surface area contributed by atoms with Crippen molar-refractivity contribution in [1.82, 2.24) is 29.4 Å². The van der Waals surface area contributed by atoms with E-state index in [1.807, 2.05) is 30.5 Å². The summed E-state index contributed by atoms with van der Waals surface area (Å²) in [5.74, 6) is 0.444. The number of rotatable bonds is 7. The molecule has 6 aromatic rings. The van der Waals surface area contributed by atoms with Crippen molar-refractivity contribution in [2.45, 2.75) is 19.6 Å². The normalized spacial score (nSPS) is 11.6. The third-order valence-electron chi connectivity index (χ3n) is 6.54. The lowest BCUT2D eigenvalue weighted by molar-refractivity contribution is 0.181. The maximum Gasteiger partial charge on any atom is 0.280 e. The van der Waals surface area contributed by atoms with Gasteiger partial charge in [0.15, 0.2) is 11.2 Å². The summed E-state index contributed by atoms with van der Waals surface area (Å²) >= 11 is 0. The molecule has 0 aliphatic rings. The molecule has 0 amide bonds. The van der Waals surface area contributed by atoms with E-state index in [4.69, 9.17) is 9.47 Å². The van der Waals surface area contributed by atoms with Crippen LogP contribution in [0, 0.1) is 5.82 Å². The number of aromatic nitrogens is 6. The molecule has 0 bridgehead atoms. The van der Waals surface area contributed by atoms with E-state index in [0.29, 0.717) is 35.4 Å². The van der Waals surface area contributed by atoms with Gasteiger partial charge in [-0.05, 0) is 53.9 Å². The number of hydrogen-bond donors (Lipinski definition) is 1. The molecule has 186 valence electrons. The molecule has 9 nitrogen and oxygen atoms in total. The molecule has 10 heteroatoms. The number of halogens is 1. The van der Waals surface area contributed by atoms with Crippen LogP contribution in [0.15, 0.2) is 65.7 Å². The molecule has 4 aromatic heterocycles. The Hall–Kier alpha value is -4.57. The molecule has 0 saturated carbocycles. The number of nitrogens with one attached hydrogen (secondary N) is 1. The zero-order chi connectivity index (χ0) is 25.5. The van der Waals surface area contributed by atoms with E-state index in [9.17, 15) is 9.18 Å². The average Bonchev–Trinajstić information content (AvgIpc) is 3.49. The second-order valence-electron chi connectivity index (χ2n) is 8.72. The number of H-pyrrole nitrogens is 1. The third kappa shape index (κ3) is 3.91. The summed E-state index contributed by atoms with van der Waals surface area (Å²) in [6.45, 7) is 0.692. The van der Waals surface area contributed by atoms with Gasteiger partial charge in [0.05, 0.1) is 25.0 Å². The van der Waals surface area contributed by atoms with Crippen LogP contribution in [0.25, 0.3) is 38.7 Å². The van der Waals surface area contributed by atoms with Crippen LogP contribution in [0.4, 0.5) is 4.39 Å². The van der Waals surface area contributed by atoms with Crippen LogP contribution in [-0.2, 0) is 24.3 Å². The van der Waals surface area contributed by atoms with E-state index >= 15 is 0 Å². The predicted octanol–water partition coefficient (Wildman–Crippen LogP) is 4.12. The Bertz CT molecular complexity index is 1820. The summed E-state index contributed by atoms with van der Waals surface area (Å²) in [5.41, 5.74) is 5.11. The second-order valence-corrected chi connectivity index (χ2v) is 8.72. The predicted molar refractivity (Wildman–Crippen MR) is 137 cm³/mol. The first kappa shape index (κ1) is 22.9. The average molecular weight is 499 g/mol. The highest BCUT2D eigenvalue weighted by Gasteiger charge is 2.20. The van der Waals surface area contributed by atoms with Crippen LogP contribution in [0.1, 0.15) is 11.3 Å². The van der Waals surface area contributed by atoms with Crippen molar-refractivity contribution < 1.29 is 13.9 Å². The summed E-state index contributed by atoms with van der Waals surface area (Å²) in [5, 5.41) is 14.4. The van der Waals surface area contributed by atoms with Gasteiger partial charge in [-0.3, -0.25) is 4.79 Å². The van der Waals surface area contributed by atoms with Crippen molar-refractivity contribution in [2.75, 3.05) is 14.2 Å². The molecule has 0 aliphatic carbocycles. The van der Waals surface area contributed by atoms with Gasteiger partial charge in [-0.2, -0.15) is 5.10 Å². The number of aromatic amines is 1. The van der Waals surface area contributed by atoms with E-state index in [-0.39, 0.29) is 23.5 Å². The first-order valence-corrected chi connectivity index (χ1v) is 11.7. The van der Waals surface area contributed by atoms with E-state index in [1.165, 1.54) is 12.1 Å². The molecule has 0 atom stereocenters. The van der Waals surface area contributed by atoms with Gasteiger partial charge < -0.3 is 19.0 Å². The Morgan fingerprint density at radius 2 is 1.89 bits per heavy atom. The molecule has 4 heterocycles. The lowest BCUT2D eigenvalue weighted by Crippen LogP contribution is -2.22. The Balaban J connectivity index is 1.39. The molecule has 0 radical (unpaired) electrons. The minimum atomic E-state index is -0.336. The van der Waals surface area contributed by atoms with Crippen molar-refractivity contribution >= 4 is 27.6 Å². The molecule has 1 N–H and O–H groups in total. The first-order valence-electron chi connectivity index (χ1n) is 11.7. The Kier molecular flexibility index (Phi) is 5.65. The quantitative estimate of drug-likeness (QED) is 0.355. The number of hydrogen-bond acceptors (Lipinski definition) is 6. The molecule has 0 fully saturated rings. The van der Waals surface area contributed by atoms with Gasteiger partial charge in [0, 0.05) is 37.0 Å². The van der Waals surface area contributed by atoms with E-state index in [0.717, 1.165) is 27.8 Å². The third-order valence-corrected chi connectivity index (χ3v) is 6.54. The Morgan fingerprint density at radius 1 is 1.05 bits per heavy atom. The highest BCUT2D eigenvalue weighted by molar-refractivity contribution is 5.85. The highest BCUT2D eigenvalue weighted by Crippen LogP contribution is 2.29. The summed E-state index contributed by atoms with van der Waals surface area (Å²) in [6, 6.07) is 13.8. The van der Waals surface area contributed by atoms with Crippen LogP contribution in [-0.4, -0.2) is 43.6 Å². The number of aryl methyl sites for hydroxylation is 2. The van der Waals surface area contributed by atoms with Crippen LogP contribution < -0.4 is 10.3 Å². The fraction of sp³-hybridized carbons (Fsp3) is 0.185. The standard InChI is InChI=1S/C27H23FN6O3/c1-36-15-22-24(16-3-5-18(28)6-4-16)26-31-30-25-23(34(26)32-22)10-12-33(27(25)35)11-9-17-14-29-21-8-7-19(37-2)13-20(17)21/h3-8,10,12-14,29H,9,11,15H2,1-2H3. The van der Waals surface area contributed by atoms with Gasteiger partial charge in [-0.25, -0.2) is 8.91 Å². The maximum atomic E-state index is 13.5. The number of benzene rings is 2.